The van der Waals surface area contributed by atoms with E-state index in [0.29, 0.717) is 12.2 Å². The van der Waals surface area contributed by atoms with Gasteiger partial charge in [-0.1, -0.05) is 26.0 Å². The summed E-state index contributed by atoms with van der Waals surface area (Å²) in [6.07, 6.45) is -2.36. The minimum absolute atomic E-state index is 0.0453. The van der Waals surface area contributed by atoms with Crippen molar-refractivity contribution in [1.82, 2.24) is 20.1 Å². The van der Waals surface area contributed by atoms with Gasteiger partial charge in [0, 0.05) is 23.6 Å². The molecule has 3 heterocycles. The predicted molar refractivity (Wildman–Crippen MR) is 137 cm³/mol. The Kier molecular flexibility index (Phi) is 8.37. The number of Topliss-reactive ketones (excluding diaryl/α,β-unsaturated/α-hetero) is 1. The molecule has 2 saturated heterocycles. The van der Waals surface area contributed by atoms with Crippen molar-refractivity contribution in [3.05, 3.63) is 40.2 Å². The lowest BCUT2D eigenvalue weighted by Crippen LogP contribution is -2.54. The first-order valence-electron chi connectivity index (χ1n) is 12.2. The number of nitrogens with one attached hydrogen (secondary N) is 1. The highest BCUT2D eigenvalue weighted by molar-refractivity contribution is 7.10. The van der Waals surface area contributed by atoms with Gasteiger partial charge in [-0.2, -0.15) is 0 Å². The van der Waals surface area contributed by atoms with Crippen LogP contribution in [0.1, 0.15) is 35.3 Å². The molecule has 1 aromatic carbocycles. The summed E-state index contributed by atoms with van der Waals surface area (Å²) >= 11 is 1.55. The number of likely N-dealkylation sites (tertiary alicyclic amines) is 1. The molecule has 4 rings (SSSR count). The number of halogens is 1. The molecule has 0 bridgehead atoms. The van der Waals surface area contributed by atoms with Crippen molar-refractivity contribution in [2.45, 2.75) is 44.2 Å². The first-order valence-corrected chi connectivity index (χ1v) is 13.1. The third-order valence-electron chi connectivity index (χ3n) is 6.82. The van der Waals surface area contributed by atoms with Gasteiger partial charge in [0.05, 0.1) is 24.9 Å². The molecule has 0 spiro atoms. The van der Waals surface area contributed by atoms with Crippen LogP contribution < -0.4 is 5.32 Å². The van der Waals surface area contributed by atoms with Crippen molar-refractivity contribution >= 4 is 28.9 Å². The monoisotopic (exact) mass is 532 g/mol. The first-order chi connectivity index (χ1) is 17.6. The summed E-state index contributed by atoms with van der Waals surface area (Å²) in [6, 6.07) is 5.20. The number of nitrogens with zero attached hydrogens (tertiary/aromatic N) is 3. The number of benzene rings is 1. The number of likely N-dealkylation sites (N-methyl/N-ethyl adjacent to an activating group) is 1. The van der Waals surface area contributed by atoms with Gasteiger partial charge in [-0.25, -0.2) is 9.37 Å². The van der Waals surface area contributed by atoms with Crippen molar-refractivity contribution in [3.63, 3.8) is 0 Å². The molecule has 2 aromatic rings. The lowest BCUT2D eigenvalue weighted by Gasteiger charge is -2.29. The van der Waals surface area contributed by atoms with E-state index in [4.69, 9.17) is 14.5 Å². The molecule has 0 saturated carbocycles. The number of amides is 2. The highest BCUT2D eigenvalue weighted by atomic mass is 32.1. The number of rotatable bonds is 9. The quantitative estimate of drug-likeness (QED) is 0.529. The van der Waals surface area contributed by atoms with E-state index in [1.165, 1.54) is 4.90 Å². The third kappa shape index (κ3) is 5.59. The van der Waals surface area contributed by atoms with Crippen LogP contribution in [0.25, 0.3) is 11.3 Å². The van der Waals surface area contributed by atoms with Crippen molar-refractivity contribution in [1.29, 1.82) is 0 Å². The Balaban J connectivity index is 1.45. The zero-order valence-corrected chi connectivity index (χ0v) is 22.5. The number of thiazole rings is 1. The maximum atomic E-state index is 14.4. The molecule has 0 radical (unpaired) electrons. The highest BCUT2D eigenvalue weighted by Crippen LogP contribution is 2.31. The number of fused-ring (bicyclic) bond motifs is 1. The summed E-state index contributed by atoms with van der Waals surface area (Å²) < 4.78 is 24.9. The van der Waals surface area contributed by atoms with E-state index in [2.05, 4.69) is 10.2 Å². The van der Waals surface area contributed by atoms with Gasteiger partial charge >= 0.3 is 0 Å². The Hall–Kier alpha value is -2.73. The van der Waals surface area contributed by atoms with Crippen LogP contribution in [0.15, 0.2) is 29.6 Å². The van der Waals surface area contributed by atoms with Crippen molar-refractivity contribution in [3.8, 4) is 11.3 Å². The van der Waals surface area contributed by atoms with Gasteiger partial charge in [-0.05, 0) is 32.1 Å². The smallest absolute Gasteiger partial charge is 0.251 e. The lowest BCUT2D eigenvalue weighted by molar-refractivity contribution is -0.139. The van der Waals surface area contributed by atoms with Gasteiger partial charge in [0.2, 0.25) is 5.91 Å². The van der Waals surface area contributed by atoms with Crippen molar-refractivity contribution in [2.24, 2.45) is 5.92 Å². The van der Waals surface area contributed by atoms with E-state index >= 15 is 0 Å². The van der Waals surface area contributed by atoms with Gasteiger partial charge in [0.15, 0.2) is 5.78 Å². The first kappa shape index (κ1) is 27.3. The second-order valence-corrected chi connectivity index (χ2v) is 10.9. The fourth-order valence-electron chi connectivity index (χ4n) is 4.71. The molecular weight excluding hydrogens is 499 g/mol. The molecule has 1 N–H and O–H groups in total. The summed E-state index contributed by atoms with van der Waals surface area (Å²) in [5.41, 5.74) is 2.05. The fraction of sp³-hybridized carbons (Fsp3) is 0.538. The number of ketones is 1. The van der Waals surface area contributed by atoms with Gasteiger partial charge < -0.3 is 19.7 Å². The summed E-state index contributed by atoms with van der Waals surface area (Å²) in [5.74, 6) is -1.48. The standard InChI is InChI=1S/C26H33FN4O5S/c1-14(2)21(26(34)31-10-17(27)23-22(31)20(32)12-36-23)29-24(33)16-8-6-15(7-9-16)18-13-37-25(28-18)19(11-35-5)30(3)4/h6-9,13-14,17,19,21-23H,10-12H2,1-5H3,(H,29,33)/t17-,19-,21?,22+,23+/m0/s1. The van der Waals surface area contributed by atoms with E-state index in [1.807, 2.05) is 31.6 Å². The SMILES string of the molecule is COC[C@@H](c1nc(-c2ccc(C(=O)NC(C(=O)N3C[C@H](F)[C@H]4OCC(=O)[C@H]43)C(C)C)cc2)cs1)N(C)C. The third-order valence-corrected chi connectivity index (χ3v) is 7.77. The summed E-state index contributed by atoms with van der Waals surface area (Å²) in [6.45, 7) is 3.70. The van der Waals surface area contributed by atoms with E-state index in [0.717, 1.165) is 16.3 Å². The number of ether oxygens (including phenoxy) is 2. The van der Waals surface area contributed by atoms with Crippen LogP contribution in [-0.4, -0.2) is 97.7 Å². The van der Waals surface area contributed by atoms with E-state index in [9.17, 15) is 18.8 Å². The van der Waals surface area contributed by atoms with Gasteiger partial charge in [-0.15, -0.1) is 11.3 Å². The normalized spacial score (nSPS) is 23.0. The predicted octanol–water partition coefficient (Wildman–Crippen LogP) is 2.33. The number of alkyl halides is 1. The number of methoxy groups -OCH3 is 1. The topological polar surface area (TPSA) is 101 Å². The lowest BCUT2D eigenvalue weighted by atomic mass is 10.0. The number of carbonyl (C=O) groups excluding carboxylic acids is 3. The number of aromatic nitrogens is 1. The number of hydrogen-bond donors (Lipinski definition) is 1. The molecule has 0 aliphatic carbocycles. The van der Waals surface area contributed by atoms with Crippen LogP contribution in [0, 0.1) is 5.92 Å². The molecule has 2 amide bonds. The van der Waals surface area contributed by atoms with Crippen LogP contribution in [-0.2, 0) is 19.1 Å². The minimum atomic E-state index is -1.43. The molecule has 1 unspecified atom stereocenters. The van der Waals surface area contributed by atoms with Gasteiger partial charge in [0.1, 0.15) is 36.0 Å². The van der Waals surface area contributed by atoms with Crippen LogP contribution in [0.4, 0.5) is 4.39 Å². The molecule has 11 heteroatoms. The molecule has 9 nitrogen and oxygen atoms in total. The largest absolute Gasteiger partial charge is 0.383 e. The van der Waals surface area contributed by atoms with Crippen LogP contribution >= 0.6 is 11.3 Å². The maximum absolute atomic E-state index is 14.4. The maximum Gasteiger partial charge on any atom is 0.251 e. The molecule has 2 aliphatic heterocycles. The fourth-order valence-corrected chi connectivity index (χ4v) is 5.71. The molecule has 37 heavy (non-hydrogen) atoms. The van der Waals surface area contributed by atoms with Gasteiger partial charge in [0.25, 0.3) is 5.91 Å². The van der Waals surface area contributed by atoms with E-state index in [-0.39, 0.29) is 30.9 Å². The average Bonchev–Trinajstić information content (AvgIpc) is 3.58. The van der Waals surface area contributed by atoms with Crippen LogP contribution in [0.3, 0.4) is 0 Å². The Morgan fingerprint density at radius 1 is 1.30 bits per heavy atom. The second-order valence-electron chi connectivity index (χ2n) is 9.97. The Morgan fingerprint density at radius 2 is 2.00 bits per heavy atom. The van der Waals surface area contributed by atoms with E-state index in [1.54, 1.807) is 44.4 Å². The van der Waals surface area contributed by atoms with E-state index < -0.39 is 36.2 Å². The average molecular weight is 533 g/mol. The Labute approximate surface area is 219 Å². The minimum Gasteiger partial charge on any atom is -0.383 e. The molecule has 5 atom stereocenters. The second kappa shape index (κ2) is 11.3. The molecule has 1 aromatic heterocycles. The summed E-state index contributed by atoms with van der Waals surface area (Å²) in [5, 5.41) is 5.70. The van der Waals surface area contributed by atoms with Crippen molar-refractivity contribution < 1.29 is 28.2 Å². The molecular formula is C26H33FN4O5S. The van der Waals surface area contributed by atoms with Crippen molar-refractivity contribution in [2.75, 3.05) is 41.0 Å². The molecule has 200 valence electrons. The zero-order chi connectivity index (χ0) is 26.9. The molecule has 2 fully saturated rings. The highest BCUT2D eigenvalue weighted by Gasteiger charge is 2.53. The van der Waals surface area contributed by atoms with Crippen LogP contribution in [0.2, 0.25) is 0 Å². The van der Waals surface area contributed by atoms with Crippen LogP contribution in [0.5, 0.6) is 0 Å². The van der Waals surface area contributed by atoms with Gasteiger partial charge in [-0.3, -0.25) is 19.3 Å². The summed E-state index contributed by atoms with van der Waals surface area (Å²) in [4.78, 5) is 46.6. The zero-order valence-electron chi connectivity index (χ0n) is 21.6. The number of carbonyl (C=O) groups is 3. The Morgan fingerprint density at radius 3 is 2.62 bits per heavy atom. The summed E-state index contributed by atoms with van der Waals surface area (Å²) in [7, 11) is 5.61. The molecule has 2 aliphatic rings. The Bertz CT molecular complexity index is 1140. The number of hydrogen-bond acceptors (Lipinski definition) is 8.